The van der Waals surface area contributed by atoms with E-state index in [0.717, 1.165) is 31.6 Å². The normalized spacial score (nSPS) is 19.9. The van der Waals surface area contributed by atoms with Gasteiger partial charge in [0, 0.05) is 25.3 Å². The summed E-state index contributed by atoms with van der Waals surface area (Å²) in [5.74, 6) is 0.107. The summed E-state index contributed by atoms with van der Waals surface area (Å²) < 4.78 is 5.34. The van der Waals surface area contributed by atoms with Crippen LogP contribution in [0.1, 0.15) is 81.1 Å². The van der Waals surface area contributed by atoms with Gasteiger partial charge in [0.05, 0.1) is 18.1 Å². The Balaban J connectivity index is 3.08. The maximum absolute atomic E-state index is 13.8. The molecular weight excluding hydrogens is 528 g/mol. The molecule has 1 fully saturated rings. The van der Waals surface area contributed by atoms with Crippen molar-refractivity contribution in [3.63, 3.8) is 0 Å². The van der Waals surface area contributed by atoms with Crippen LogP contribution in [0, 0.1) is 11.8 Å². The molecule has 0 bridgehead atoms. The molecule has 1 saturated heterocycles. The summed E-state index contributed by atoms with van der Waals surface area (Å²) in [5, 5.41) is 16.3. The van der Waals surface area contributed by atoms with Gasteiger partial charge in [-0.05, 0) is 77.3 Å². The number of thioether (sulfide) groups is 1. The van der Waals surface area contributed by atoms with Gasteiger partial charge in [-0.15, -0.1) is 0 Å². The van der Waals surface area contributed by atoms with Crippen molar-refractivity contribution >= 4 is 29.5 Å². The van der Waals surface area contributed by atoms with E-state index in [2.05, 4.69) is 29.4 Å². The van der Waals surface area contributed by atoms with Gasteiger partial charge in [-0.3, -0.25) is 19.3 Å². The average molecular weight is 585 g/mol. The molecule has 0 aromatic carbocycles. The third-order valence-electron chi connectivity index (χ3n) is 7.63. The lowest BCUT2D eigenvalue weighted by Crippen LogP contribution is -2.58. The van der Waals surface area contributed by atoms with E-state index in [0.29, 0.717) is 18.6 Å². The Morgan fingerprint density at radius 3 is 2.27 bits per heavy atom. The van der Waals surface area contributed by atoms with Gasteiger partial charge >= 0.3 is 0 Å². The zero-order valence-corrected chi connectivity index (χ0v) is 27.3. The Hall–Kier alpha value is -1.62. The van der Waals surface area contributed by atoms with Gasteiger partial charge in [0.15, 0.2) is 6.29 Å². The van der Waals surface area contributed by atoms with E-state index < -0.39 is 18.4 Å². The summed E-state index contributed by atoms with van der Waals surface area (Å²) >= 11 is 1.63. The van der Waals surface area contributed by atoms with Crippen molar-refractivity contribution in [1.29, 1.82) is 0 Å². The first-order valence-electron chi connectivity index (χ1n) is 14.9. The van der Waals surface area contributed by atoms with E-state index in [9.17, 15) is 19.5 Å². The molecule has 1 aliphatic rings. The number of aliphatic hydroxyl groups excluding tert-OH is 1. The summed E-state index contributed by atoms with van der Waals surface area (Å²) in [6.07, 6.45) is 6.12. The number of aliphatic hydroxyl groups is 1. The second kappa shape index (κ2) is 18.0. The maximum Gasteiger partial charge on any atom is 0.247 e. The molecule has 0 aliphatic carbocycles. The van der Waals surface area contributed by atoms with Crippen LogP contribution in [-0.4, -0.2) is 101 Å². The highest BCUT2D eigenvalue weighted by molar-refractivity contribution is 7.98. The van der Waals surface area contributed by atoms with Gasteiger partial charge in [-0.25, -0.2) is 0 Å². The number of likely N-dealkylation sites (N-methyl/N-ethyl adjacent to an activating group) is 1. The Kier molecular flexibility index (Phi) is 16.4. The zero-order valence-electron chi connectivity index (χ0n) is 26.5. The summed E-state index contributed by atoms with van der Waals surface area (Å²) in [5.41, 5.74) is 0.455. The fraction of sp³-hybridized carbons (Fsp3) is 0.833. The molecule has 9 nitrogen and oxygen atoms in total. The van der Waals surface area contributed by atoms with Crippen molar-refractivity contribution in [3.05, 3.63) is 11.6 Å². The number of carbonyl (C=O) groups excluding carboxylic acids is 3. The maximum atomic E-state index is 13.8. The van der Waals surface area contributed by atoms with Gasteiger partial charge < -0.3 is 25.4 Å². The molecule has 10 heteroatoms. The number of nitrogens with one attached hydrogen (secondary N) is 2. The van der Waals surface area contributed by atoms with Crippen molar-refractivity contribution in [2.75, 3.05) is 32.2 Å². The topological polar surface area (TPSA) is 111 Å². The summed E-state index contributed by atoms with van der Waals surface area (Å²) in [4.78, 5) is 44.1. The first kappa shape index (κ1) is 36.4. The predicted molar refractivity (Wildman–Crippen MR) is 164 cm³/mol. The van der Waals surface area contributed by atoms with Crippen molar-refractivity contribution in [3.8, 4) is 0 Å². The van der Waals surface area contributed by atoms with Crippen LogP contribution in [0.2, 0.25) is 0 Å². The molecule has 3 N–H and O–H groups in total. The molecule has 232 valence electrons. The Labute approximate surface area is 247 Å². The molecule has 0 spiro atoms. The molecule has 1 aliphatic heterocycles. The van der Waals surface area contributed by atoms with Crippen LogP contribution >= 0.6 is 11.8 Å². The largest absolute Gasteiger partial charge is 0.366 e. The van der Waals surface area contributed by atoms with Crippen molar-refractivity contribution in [1.82, 2.24) is 20.4 Å². The van der Waals surface area contributed by atoms with Crippen molar-refractivity contribution in [2.45, 2.75) is 118 Å². The Morgan fingerprint density at radius 2 is 1.75 bits per heavy atom. The molecule has 0 radical (unpaired) electrons. The van der Waals surface area contributed by atoms with Gasteiger partial charge in [0.1, 0.15) is 6.04 Å². The fourth-order valence-corrected chi connectivity index (χ4v) is 5.66. The van der Waals surface area contributed by atoms with E-state index in [1.165, 1.54) is 0 Å². The Morgan fingerprint density at radius 1 is 1.10 bits per heavy atom. The number of ether oxygens (including phenoxy) is 1. The lowest BCUT2D eigenvalue weighted by Gasteiger charge is -2.39. The number of rotatable bonds is 16. The van der Waals surface area contributed by atoms with Crippen LogP contribution in [0.4, 0.5) is 0 Å². The Bertz CT molecular complexity index is 835. The minimum atomic E-state index is -1.09. The lowest BCUT2D eigenvalue weighted by atomic mass is 9.95. The molecule has 3 amide bonds. The molecule has 40 heavy (non-hydrogen) atoms. The van der Waals surface area contributed by atoms with E-state index in [-0.39, 0.29) is 47.7 Å². The minimum absolute atomic E-state index is 0.0243. The quantitative estimate of drug-likeness (QED) is 0.188. The highest BCUT2D eigenvalue weighted by atomic mass is 32.2. The fourth-order valence-electron chi connectivity index (χ4n) is 5.17. The SMILES string of the molecule is CCOC(O)[C@H](CCSC)NC(=O)/C(C)=C/[C@H](C(C)C)N(C)C(=O)[C@@H](NC(=O)[C@H]1CCCCN1C(C)C)C(C)C. The first-order chi connectivity index (χ1) is 18.8. The summed E-state index contributed by atoms with van der Waals surface area (Å²) in [6, 6.07) is -1.54. The molecule has 5 atom stereocenters. The number of likely N-dealkylation sites (tertiary alicyclic amines) is 1. The number of hydrogen-bond donors (Lipinski definition) is 3. The van der Waals surface area contributed by atoms with Crippen molar-refractivity contribution < 1.29 is 24.2 Å². The van der Waals surface area contributed by atoms with E-state index in [4.69, 9.17) is 4.74 Å². The van der Waals surface area contributed by atoms with Crippen LogP contribution in [0.15, 0.2) is 11.6 Å². The summed E-state index contributed by atoms with van der Waals surface area (Å²) in [6.45, 7) is 16.8. The number of hydrogen-bond acceptors (Lipinski definition) is 7. The lowest BCUT2D eigenvalue weighted by molar-refractivity contribution is -0.140. The van der Waals surface area contributed by atoms with Crippen LogP contribution in [-0.2, 0) is 19.1 Å². The van der Waals surface area contributed by atoms with E-state index in [1.54, 1.807) is 43.6 Å². The van der Waals surface area contributed by atoms with Gasteiger partial charge in [0.25, 0.3) is 0 Å². The smallest absolute Gasteiger partial charge is 0.247 e. The van der Waals surface area contributed by atoms with Gasteiger partial charge in [0.2, 0.25) is 17.7 Å². The average Bonchev–Trinajstić information content (AvgIpc) is 2.90. The molecular formula is C30H56N4O5S. The highest BCUT2D eigenvalue weighted by Crippen LogP contribution is 2.21. The minimum Gasteiger partial charge on any atom is -0.366 e. The van der Waals surface area contributed by atoms with Crippen LogP contribution in [0.3, 0.4) is 0 Å². The molecule has 1 heterocycles. The third kappa shape index (κ3) is 11.0. The molecule has 1 rings (SSSR count). The van der Waals surface area contributed by atoms with Crippen LogP contribution in [0.25, 0.3) is 0 Å². The number of nitrogens with zero attached hydrogens (tertiary/aromatic N) is 2. The van der Waals surface area contributed by atoms with Gasteiger partial charge in [-0.1, -0.05) is 40.2 Å². The molecule has 0 saturated carbocycles. The predicted octanol–water partition coefficient (Wildman–Crippen LogP) is 3.41. The van der Waals surface area contributed by atoms with Crippen LogP contribution < -0.4 is 10.6 Å². The number of amides is 3. The molecule has 0 aromatic rings. The molecule has 1 unspecified atom stereocenters. The van der Waals surface area contributed by atoms with Crippen LogP contribution in [0.5, 0.6) is 0 Å². The zero-order chi connectivity index (χ0) is 30.6. The standard InChI is InChI=1S/C30H56N4O5S/c1-11-39-30(38)23(15-17-40-10)31-27(35)22(8)18-25(19(2)3)33(9)29(37)26(20(4)5)32-28(36)24-14-12-13-16-34(24)21(6)7/h18-21,23-26,30,38H,11-17H2,1-10H3,(H,31,35)(H,32,36)/b22-18+/t23-,24+,25+,26-,30?/m0/s1. The molecule has 0 aromatic heterocycles. The highest BCUT2D eigenvalue weighted by Gasteiger charge is 2.36. The van der Waals surface area contributed by atoms with E-state index >= 15 is 0 Å². The first-order valence-corrected chi connectivity index (χ1v) is 16.3. The van der Waals surface area contributed by atoms with Crippen molar-refractivity contribution in [2.24, 2.45) is 11.8 Å². The second-order valence-corrected chi connectivity index (χ2v) is 12.8. The second-order valence-electron chi connectivity index (χ2n) is 11.8. The summed E-state index contributed by atoms with van der Waals surface area (Å²) in [7, 11) is 1.73. The number of piperidine rings is 1. The third-order valence-corrected chi connectivity index (χ3v) is 8.27. The monoisotopic (exact) mass is 584 g/mol. The number of carbonyl (C=O) groups is 3. The van der Waals surface area contributed by atoms with E-state index in [1.807, 2.05) is 34.0 Å². The van der Waals surface area contributed by atoms with Gasteiger partial charge in [-0.2, -0.15) is 11.8 Å².